The number of aliphatic hydroxyl groups is 1. The first-order chi connectivity index (χ1) is 16.2. The van der Waals surface area contributed by atoms with Crippen molar-refractivity contribution in [3.05, 3.63) is 41.5 Å². The number of carbonyl (C=O) groups excluding carboxylic acids is 1. The zero-order valence-electron chi connectivity index (χ0n) is 18.2. The highest BCUT2D eigenvalue weighted by Gasteiger charge is 2.37. The van der Waals surface area contributed by atoms with Gasteiger partial charge in [0, 0.05) is 60.8 Å². The van der Waals surface area contributed by atoms with Crippen molar-refractivity contribution in [2.45, 2.75) is 31.0 Å². The van der Waals surface area contributed by atoms with Crippen molar-refractivity contribution >= 4 is 16.8 Å². The van der Waals surface area contributed by atoms with Crippen LogP contribution in [0.2, 0.25) is 0 Å². The van der Waals surface area contributed by atoms with E-state index in [1.165, 1.54) is 12.1 Å². The summed E-state index contributed by atoms with van der Waals surface area (Å²) in [5.41, 5.74) is 0.756. The largest absolute Gasteiger partial charge is 0.573 e. The molecule has 1 aromatic carbocycles. The van der Waals surface area contributed by atoms with Crippen LogP contribution >= 0.6 is 0 Å². The molecule has 2 aliphatic heterocycles. The maximum Gasteiger partial charge on any atom is 0.573 e. The number of alkyl halides is 3. The lowest BCUT2D eigenvalue weighted by Crippen LogP contribution is -2.52. The summed E-state index contributed by atoms with van der Waals surface area (Å²) in [5, 5.41) is 13.0. The second-order valence-corrected chi connectivity index (χ2v) is 9.99. The summed E-state index contributed by atoms with van der Waals surface area (Å²) in [6, 6.07) is 5.45. The third-order valence-corrected chi connectivity index (χ3v) is 7.20. The number of hydrogen-bond donors (Lipinski definition) is 1. The number of hydrogen-bond acceptors (Lipinski definition) is 7. The monoisotopic (exact) mass is 502 g/mol. The molecule has 13 heteroatoms. The average Bonchev–Trinajstić information content (AvgIpc) is 3.27. The van der Waals surface area contributed by atoms with E-state index in [0.717, 1.165) is 5.56 Å². The number of amides is 2. The minimum Gasteiger partial charge on any atom is -0.406 e. The Labute approximate surface area is 196 Å². The molecule has 4 rings (SSSR count). The molecule has 186 valence electrons. The second-order valence-electron chi connectivity index (χ2n) is 8.29. The fourth-order valence-corrected chi connectivity index (χ4v) is 5.33. The molecule has 0 radical (unpaired) electrons. The fourth-order valence-electron chi connectivity index (χ4n) is 4.28. The molecule has 2 atom stereocenters. The number of nitrogens with zero attached hydrogens (tertiary/aromatic N) is 4. The third-order valence-electron chi connectivity index (χ3n) is 5.92. The Hall–Kier alpha value is -2.67. The molecule has 2 aliphatic rings. The van der Waals surface area contributed by atoms with Crippen molar-refractivity contribution in [1.82, 2.24) is 19.9 Å². The predicted octanol–water partition coefficient (Wildman–Crippen LogP) is 2.26. The van der Waals surface area contributed by atoms with E-state index in [9.17, 15) is 22.2 Å². The molecule has 1 N–H and O–H groups in total. The fraction of sp³-hybridized carbons (Fsp3) is 0.571. The number of likely N-dealkylation sites (tertiary alicyclic amines) is 1. The van der Waals surface area contributed by atoms with E-state index in [1.807, 2.05) is 0 Å². The summed E-state index contributed by atoms with van der Waals surface area (Å²) in [6.07, 6.45) is -3.98. The van der Waals surface area contributed by atoms with E-state index in [0.29, 0.717) is 55.8 Å². The molecule has 0 aliphatic carbocycles. The van der Waals surface area contributed by atoms with E-state index in [1.54, 1.807) is 21.9 Å². The number of benzene rings is 1. The molecule has 1 aromatic heterocycles. The normalized spacial score (nSPS) is 22.1. The van der Waals surface area contributed by atoms with Crippen LogP contribution in [0, 0.1) is 0 Å². The summed E-state index contributed by atoms with van der Waals surface area (Å²) >= 11 is 0. The molecule has 2 amide bonds. The van der Waals surface area contributed by atoms with Gasteiger partial charge < -0.3 is 24.2 Å². The van der Waals surface area contributed by atoms with Gasteiger partial charge in [-0.15, -0.1) is 13.2 Å². The summed E-state index contributed by atoms with van der Waals surface area (Å²) in [5.74, 6) is 0.793. The van der Waals surface area contributed by atoms with E-state index in [-0.39, 0.29) is 36.6 Å². The molecule has 2 aromatic rings. The highest BCUT2D eigenvalue weighted by Crippen LogP contribution is 2.36. The van der Waals surface area contributed by atoms with E-state index in [4.69, 9.17) is 9.63 Å². The molecule has 0 bridgehead atoms. The van der Waals surface area contributed by atoms with Gasteiger partial charge in [-0.25, -0.2) is 4.79 Å². The van der Waals surface area contributed by atoms with Crippen molar-refractivity contribution in [1.29, 1.82) is 0 Å². The zero-order chi connectivity index (χ0) is 24.3. The SMILES string of the molecule is O=C(N1CCS(=O)CC1)N1CC(c2ccc(OC(F)(F)F)cc2)CC(c2nc(CCO)no2)C1. The zero-order valence-corrected chi connectivity index (χ0v) is 19.1. The molecule has 9 nitrogen and oxygen atoms in total. The Morgan fingerprint density at radius 2 is 1.82 bits per heavy atom. The Morgan fingerprint density at radius 3 is 2.47 bits per heavy atom. The summed E-state index contributed by atoms with van der Waals surface area (Å²) in [6.45, 7) is 1.39. The predicted molar refractivity (Wildman–Crippen MR) is 115 cm³/mol. The van der Waals surface area contributed by atoms with E-state index >= 15 is 0 Å². The second kappa shape index (κ2) is 10.3. The Morgan fingerprint density at radius 1 is 1.15 bits per heavy atom. The number of aromatic nitrogens is 2. The van der Waals surface area contributed by atoms with Crippen LogP contribution < -0.4 is 4.74 Å². The average molecular weight is 503 g/mol. The Balaban J connectivity index is 1.55. The van der Waals surface area contributed by atoms with Gasteiger partial charge in [0.25, 0.3) is 0 Å². The molecule has 2 saturated heterocycles. The number of aliphatic hydroxyl groups excluding tert-OH is 1. The highest BCUT2D eigenvalue weighted by molar-refractivity contribution is 7.85. The first-order valence-electron chi connectivity index (χ1n) is 10.9. The summed E-state index contributed by atoms with van der Waals surface area (Å²) in [7, 11) is -0.923. The molecular formula is C21H25F3N4O5S. The van der Waals surface area contributed by atoms with Crippen molar-refractivity contribution in [3.8, 4) is 5.75 Å². The van der Waals surface area contributed by atoms with Gasteiger partial charge >= 0.3 is 12.4 Å². The highest BCUT2D eigenvalue weighted by atomic mass is 32.2. The van der Waals surface area contributed by atoms with Crippen LogP contribution in [0.4, 0.5) is 18.0 Å². The van der Waals surface area contributed by atoms with Crippen molar-refractivity contribution < 1.29 is 36.5 Å². The van der Waals surface area contributed by atoms with Crippen LogP contribution in [0.15, 0.2) is 28.8 Å². The molecule has 34 heavy (non-hydrogen) atoms. The van der Waals surface area contributed by atoms with Crippen LogP contribution in [0.3, 0.4) is 0 Å². The van der Waals surface area contributed by atoms with Gasteiger partial charge in [0.2, 0.25) is 5.89 Å². The summed E-state index contributed by atoms with van der Waals surface area (Å²) in [4.78, 5) is 20.9. The van der Waals surface area contributed by atoms with Crippen LogP contribution in [0.5, 0.6) is 5.75 Å². The number of piperidine rings is 1. The number of urea groups is 1. The topological polar surface area (TPSA) is 109 Å². The maximum atomic E-state index is 13.2. The van der Waals surface area contributed by atoms with Crippen LogP contribution in [-0.4, -0.2) is 85.9 Å². The lowest BCUT2D eigenvalue weighted by atomic mass is 9.84. The van der Waals surface area contributed by atoms with Crippen LogP contribution in [-0.2, 0) is 17.2 Å². The van der Waals surface area contributed by atoms with Gasteiger partial charge in [-0.3, -0.25) is 4.21 Å². The minimum atomic E-state index is -4.77. The van der Waals surface area contributed by atoms with Gasteiger partial charge in [-0.1, -0.05) is 17.3 Å². The number of carbonyl (C=O) groups is 1. The smallest absolute Gasteiger partial charge is 0.406 e. The first kappa shape index (κ1) is 24.5. The van der Waals surface area contributed by atoms with E-state index in [2.05, 4.69) is 14.9 Å². The lowest BCUT2D eigenvalue weighted by molar-refractivity contribution is -0.274. The quantitative estimate of drug-likeness (QED) is 0.668. The molecule has 3 heterocycles. The summed E-state index contributed by atoms with van der Waals surface area (Å²) < 4.78 is 58.5. The minimum absolute atomic E-state index is 0.125. The van der Waals surface area contributed by atoms with Gasteiger partial charge in [0.15, 0.2) is 5.82 Å². The molecule has 2 fully saturated rings. The van der Waals surface area contributed by atoms with Crippen molar-refractivity contribution in [3.63, 3.8) is 0 Å². The van der Waals surface area contributed by atoms with Gasteiger partial charge in [-0.2, -0.15) is 4.98 Å². The maximum absolute atomic E-state index is 13.2. The number of rotatable bonds is 5. The lowest BCUT2D eigenvalue weighted by Gasteiger charge is -2.40. The van der Waals surface area contributed by atoms with Gasteiger partial charge in [0.05, 0.1) is 12.5 Å². The first-order valence-corrected chi connectivity index (χ1v) is 12.4. The van der Waals surface area contributed by atoms with E-state index < -0.39 is 17.2 Å². The number of ether oxygens (including phenoxy) is 1. The van der Waals surface area contributed by atoms with Crippen LogP contribution in [0.25, 0.3) is 0 Å². The van der Waals surface area contributed by atoms with Gasteiger partial charge in [0.1, 0.15) is 5.75 Å². The Bertz CT molecular complexity index is 1010. The van der Waals surface area contributed by atoms with Crippen molar-refractivity contribution in [2.24, 2.45) is 0 Å². The third kappa shape index (κ3) is 6.06. The standard InChI is InChI=1S/C21H25F3N4O5S/c22-21(23,24)32-17-3-1-14(2-4-17)15-11-16(19-25-18(5-8-29)26-33-19)13-28(12-15)20(30)27-6-9-34(31)10-7-27/h1-4,15-16,29H,5-13H2. The molecule has 0 saturated carbocycles. The van der Waals surface area contributed by atoms with Crippen LogP contribution in [0.1, 0.15) is 35.5 Å². The number of halogens is 3. The van der Waals surface area contributed by atoms with Gasteiger partial charge in [-0.05, 0) is 24.1 Å². The van der Waals surface area contributed by atoms with Crippen molar-refractivity contribution in [2.75, 3.05) is 44.3 Å². The molecular weight excluding hydrogens is 477 g/mol. The molecule has 0 spiro atoms. The Kier molecular flexibility index (Phi) is 7.41. The molecule has 2 unspecified atom stereocenters.